The molecule has 0 atom stereocenters. The summed E-state index contributed by atoms with van der Waals surface area (Å²) in [6.45, 7) is 1.09. The van der Waals surface area contributed by atoms with Crippen LogP contribution in [0.25, 0.3) is 0 Å². The minimum atomic E-state index is -0.153. The lowest BCUT2D eigenvalue weighted by atomic mass is 10.2. The van der Waals surface area contributed by atoms with Gasteiger partial charge in [0, 0.05) is 24.0 Å². The Kier molecular flexibility index (Phi) is 4.09. The van der Waals surface area contributed by atoms with Crippen LogP contribution in [-0.4, -0.2) is 22.5 Å². The van der Waals surface area contributed by atoms with E-state index in [1.807, 2.05) is 18.2 Å². The van der Waals surface area contributed by atoms with Crippen LogP contribution in [0.3, 0.4) is 0 Å². The molecule has 0 spiro atoms. The molecule has 108 valence electrons. The van der Waals surface area contributed by atoms with Gasteiger partial charge in [-0.05, 0) is 37.0 Å². The highest BCUT2D eigenvalue weighted by Crippen LogP contribution is 2.29. The van der Waals surface area contributed by atoms with Crippen LogP contribution in [0.4, 0.5) is 0 Å². The van der Waals surface area contributed by atoms with E-state index in [-0.39, 0.29) is 5.91 Å². The molecule has 1 saturated carbocycles. The van der Waals surface area contributed by atoms with Crippen LogP contribution in [0.1, 0.15) is 28.9 Å². The molecule has 2 heterocycles. The third kappa shape index (κ3) is 4.02. The van der Waals surface area contributed by atoms with Crippen LogP contribution in [0, 0.1) is 5.92 Å². The van der Waals surface area contributed by atoms with E-state index >= 15 is 0 Å². The second-order valence-corrected chi connectivity index (χ2v) is 5.14. The third-order valence-corrected chi connectivity index (χ3v) is 3.32. The maximum atomic E-state index is 12.1. The normalized spacial score (nSPS) is 13.7. The fraction of sp³-hybridized carbons (Fsp3) is 0.312. The molecule has 2 aromatic rings. The largest absolute Gasteiger partial charge is 0.477 e. The summed E-state index contributed by atoms with van der Waals surface area (Å²) in [6.07, 6.45) is 5.75. The zero-order chi connectivity index (χ0) is 14.5. The number of carbonyl (C=O) groups excluding carboxylic acids is 1. The Hall–Kier alpha value is -2.43. The molecule has 1 N–H and O–H groups in total. The summed E-state index contributed by atoms with van der Waals surface area (Å²) >= 11 is 0. The number of carbonyl (C=O) groups is 1. The molecule has 3 rings (SSSR count). The summed E-state index contributed by atoms with van der Waals surface area (Å²) in [4.78, 5) is 20.4. The first-order chi connectivity index (χ1) is 10.3. The van der Waals surface area contributed by atoms with Crippen LogP contribution >= 0.6 is 0 Å². The number of hydrogen-bond acceptors (Lipinski definition) is 4. The van der Waals surface area contributed by atoms with Gasteiger partial charge in [-0.2, -0.15) is 0 Å². The predicted molar refractivity (Wildman–Crippen MR) is 77.9 cm³/mol. The van der Waals surface area contributed by atoms with Crippen molar-refractivity contribution in [3.8, 4) is 5.88 Å². The van der Waals surface area contributed by atoms with Crippen molar-refractivity contribution in [2.24, 2.45) is 5.92 Å². The van der Waals surface area contributed by atoms with Crippen LogP contribution in [-0.2, 0) is 6.54 Å². The van der Waals surface area contributed by atoms with E-state index in [1.54, 1.807) is 24.5 Å². The fourth-order valence-electron chi connectivity index (χ4n) is 1.89. The monoisotopic (exact) mass is 283 g/mol. The molecule has 1 aliphatic rings. The lowest BCUT2D eigenvalue weighted by Crippen LogP contribution is -2.23. The van der Waals surface area contributed by atoms with Gasteiger partial charge in [0.25, 0.3) is 5.91 Å². The van der Waals surface area contributed by atoms with Gasteiger partial charge in [0.2, 0.25) is 5.88 Å². The van der Waals surface area contributed by atoms with E-state index in [2.05, 4.69) is 15.3 Å². The first-order valence-corrected chi connectivity index (χ1v) is 7.08. The number of aromatic nitrogens is 2. The SMILES string of the molecule is O=C(NCc1ccccn1)c1ccnc(OCC2CC2)c1. The van der Waals surface area contributed by atoms with Crippen molar-refractivity contribution in [3.05, 3.63) is 54.0 Å². The number of ether oxygens (including phenoxy) is 1. The predicted octanol–water partition coefficient (Wildman–Crippen LogP) is 2.20. The molecule has 0 aromatic carbocycles. The quantitative estimate of drug-likeness (QED) is 0.882. The molecule has 0 bridgehead atoms. The van der Waals surface area contributed by atoms with Crippen molar-refractivity contribution in [2.45, 2.75) is 19.4 Å². The molecule has 5 heteroatoms. The van der Waals surface area contributed by atoms with Crippen LogP contribution < -0.4 is 10.1 Å². The minimum Gasteiger partial charge on any atom is -0.477 e. The Morgan fingerprint density at radius 1 is 1.24 bits per heavy atom. The second-order valence-electron chi connectivity index (χ2n) is 5.14. The number of nitrogens with zero attached hydrogens (tertiary/aromatic N) is 2. The molecule has 21 heavy (non-hydrogen) atoms. The van der Waals surface area contributed by atoms with Crippen LogP contribution in [0.5, 0.6) is 5.88 Å². The number of hydrogen-bond donors (Lipinski definition) is 1. The Labute approximate surface area is 123 Å². The average Bonchev–Trinajstić information content (AvgIpc) is 3.36. The first-order valence-electron chi connectivity index (χ1n) is 7.08. The van der Waals surface area contributed by atoms with Crippen LogP contribution in [0.15, 0.2) is 42.7 Å². The average molecular weight is 283 g/mol. The lowest BCUT2D eigenvalue weighted by molar-refractivity contribution is 0.0949. The Bertz CT molecular complexity index is 612. The molecule has 2 aromatic heterocycles. The topological polar surface area (TPSA) is 64.1 Å². The maximum Gasteiger partial charge on any atom is 0.251 e. The van der Waals surface area contributed by atoms with E-state index < -0.39 is 0 Å². The minimum absolute atomic E-state index is 0.153. The highest BCUT2D eigenvalue weighted by Gasteiger charge is 2.22. The van der Waals surface area contributed by atoms with Crippen LogP contribution in [0.2, 0.25) is 0 Å². The van der Waals surface area contributed by atoms with Gasteiger partial charge in [0.1, 0.15) is 0 Å². The highest BCUT2D eigenvalue weighted by molar-refractivity contribution is 5.94. The third-order valence-electron chi connectivity index (χ3n) is 3.32. The van der Waals surface area contributed by atoms with Gasteiger partial charge in [-0.25, -0.2) is 4.98 Å². The number of amides is 1. The zero-order valence-electron chi connectivity index (χ0n) is 11.7. The van der Waals surface area contributed by atoms with Crippen molar-refractivity contribution in [2.75, 3.05) is 6.61 Å². The summed E-state index contributed by atoms with van der Waals surface area (Å²) in [6, 6.07) is 8.97. The van der Waals surface area contributed by atoms with Gasteiger partial charge in [0.05, 0.1) is 18.8 Å². The van der Waals surface area contributed by atoms with Crippen molar-refractivity contribution in [1.29, 1.82) is 0 Å². The molecular weight excluding hydrogens is 266 g/mol. The fourth-order valence-corrected chi connectivity index (χ4v) is 1.89. The van der Waals surface area contributed by atoms with Gasteiger partial charge >= 0.3 is 0 Å². The van der Waals surface area contributed by atoms with Crippen molar-refractivity contribution in [3.63, 3.8) is 0 Å². The summed E-state index contributed by atoms with van der Waals surface area (Å²) < 4.78 is 5.58. The molecule has 0 saturated heterocycles. The zero-order valence-corrected chi connectivity index (χ0v) is 11.7. The summed E-state index contributed by atoms with van der Waals surface area (Å²) in [5.41, 5.74) is 1.37. The number of pyridine rings is 2. The van der Waals surface area contributed by atoms with Gasteiger partial charge in [-0.15, -0.1) is 0 Å². The van der Waals surface area contributed by atoms with Crippen molar-refractivity contribution < 1.29 is 9.53 Å². The summed E-state index contributed by atoms with van der Waals surface area (Å²) in [5, 5.41) is 2.83. The molecule has 0 radical (unpaired) electrons. The van der Waals surface area contributed by atoms with E-state index in [4.69, 9.17) is 4.74 Å². The number of nitrogens with one attached hydrogen (secondary N) is 1. The lowest BCUT2D eigenvalue weighted by Gasteiger charge is -2.07. The molecule has 1 amide bonds. The molecule has 0 unspecified atom stereocenters. The standard InChI is InChI=1S/C16H17N3O2/c20-16(19-10-14-3-1-2-7-17-14)13-6-8-18-15(9-13)21-11-12-4-5-12/h1-3,6-9,12H,4-5,10-11H2,(H,19,20). The van der Waals surface area contributed by atoms with Crippen molar-refractivity contribution in [1.82, 2.24) is 15.3 Å². The second kappa shape index (κ2) is 6.35. The van der Waals surface area contributed by atoms with Gasteiger partial charge in [-0.3, -0.25) is 9.78 Å². The van der Waals surface area contributed by atoms with Gasteiger partial charge in [-0.1, -0.05) is 6.07 Å². The molecule has 5 nitrogen and oxygen atoms in total. The first kappa shape index (κ1) is 13.5. The highest BCUT2D eigenvalue weighted by atomic mass is 16.5. The summed E-state index contributed by atoms with van der Waals surface area (Å²) in [7, 11) is 0. The van der Waals surface area contributed by atoms with Crippen molar-refractivity contribution >= 4 is 5.91 Å². The Morgan fingerprint density at radius 2 is 2.14 bits per heavy atom. The number of rotatable bonds is 6. The Balaban J connectivity index is 1.57. The molecular formula is C16H17N3O2. The van der Waals surface area contributed by atoms with Gasteiger partial charge < -0.3 is 10.1 Å². The molecule has 1 fully saturated rings. The molecule has 0 aliphatic heterocycles. The summed E-state index contributed by atoms with van der Waals surface area (Å²) in [5.74, 6) is 1.01. The smallest absolute Gasteiger partial charge is 0.251 e. The van der Waals surface area contributed by atoms with E-state index in [1.165, 1.54) is 12.8 Å². The maximum absolute atomic E-state index is 12.1. The van der Waals surface area contributed by atoms with Gasteiger partial charge in [0.15, 0.2) is 0 Å². The molecule has 1 aliphatic carbocycles. The van der Waals surface area contributed by atoms with E-state index in [0.717, 1.165) is 5.69 Å². The van der Waals surface area contributed by atoms with E-state index in [9.17, 15) is 4.79 Å². The van der Waals surface area contributed by atoms with E-state index in [0.29, 0.717) is 30.5 Å². The Morgan fingerprint density at radius 3 is 2.90 bits per heavy atom.